The van der Waals surface area contributed by atoms with E-state index >= 15 is 0 Å². The fourth-order valence-electron chi connectivity index (χ4n) is 2.24. The average Bonchev–Trinajstić information content (AvgIpc) is 2.45. The maximum absolute atomic E-state index is 12.1. The highest BCUT2D eigenvalue weighted by molar-refractivity contribution is 5.98. The van der Waals surface area contributed by atoms with Gasteiger partial charge in [-0.05, 0) is 42.7 Å². The number of ketones is 1. The minimum Gasteiger partial charge on any atom is -0.508 e. The zero-order valence-electron chi connectivity index (χ0n) is 12.1. The van der Waals surface area contributed by atoms with Gasteiger partial charge in [-0.1, -0.05) is 12.1 Å². The van der Waals surface area contributed by atoms with E-state index in [2.05, 4.69) is 0 Å². The van der Waals surface area contributed by atoms with Crippen LogP contribution in [0.25, 0.3) is 0 Å². The third-order valence-corrected chi connectivity index (χ3v) is 3.38. The molecular formula is C17H18O4. The molecule has 2 rings (SSSR count). The molecule has 0 aliphatic heterocycles. The van der Waals surface area contributed by atoms with Crippen LogP contribution in [0.4, 0.5) is 0 Å². The first-order valence-corrected chi connectivity index (χ1v) is 6.70. The summed E-state index contributed by atoms with van der Waals surface area (Å²) in [5.74, 6) is 0.419. The largest absolute Gasteiger partial charge is 0.508 e. The van der Waals surface area contributed by atoms with Crippen LogP contribution in [0.1, 0.15) is 27.9 Å². The van der Waals surface area contributed by atoms with Crippen LogP contribution in [0.2, 0.25) is 0 Å². The van der Waals surface area contributed by atoms with Gasteiger partial charge in [0.15, 0.2) is 5.78 Å². The summed E-state index contributed by atoms with van der Waals surface area (Å²) < 4.78 is 5.20. The molecule has 0 heterocycles. The smallest absolute Gasteiger partial charge is 0.166 e. The number of rotatable bonds is 5. The van der Waals surface area contributed by atoms with Gasteiger partial charge in [-0.2, -0.15) is 0 Å². The molecule has 0 unspecified atom stereocenters. The predicted molar refractivity (Wildman–Crippen MR) is 80.2 cm³/mol. The van der Waals surface area contributed by atoms with E-state index in [1.54, 1.807) is 7.11 Å². The highest BCUT2D eigenvalue weighted by Crippen LogP contribution is 2.25. The van der Waals surface area contributed by atoms with Gasteiger partial charge in [0, 0.05) is 12.5 Å². The van der Waals surface area contributed by atoms with Gasteiger partial charge in [-0.15, -0.1) is 0 Å². The molecule has 0 amide bonds. The van der Waals surface area contributed by atoms with Crippen LogP contribution in [-0.4, -0.2) is 23.1 Å². The number of ether oxygens (including phenoxy) is 1. The first-order chi connectivity index (χ1) is 10.0. The van der Waals surface area contributed by atoms with Crippen molar-refractivity contribution >= 4 is 5.78 Å². The molecular weight excluding hydrogens is 268 g/mol. The molecule has 0 spiro atoms. The van der Waals surface area contributed by atoms with E-state index in [0.717, 1.165) is 16.9 Å². The van der Waals surface area contributed by atoms with Gasteiger partial charge in [0.1, 0.15) is 17.2 Å². The molecule has 21 heavy (non-hydrogen) atoms. The van der Waals surface area contributed by atoms with Gasteiger partial charge in [0.2, 0.25) is 0 Å². The fraction of sp³-hybridized carbons (Fsp3) is 0.235. The number of phenolic OH excluding ortho intramolecular Hbond substituents is 2. The number of carbonyl (C=O) groups is 1. The van der Waals surface area contributed by atoms with E-state index in [1.807, 2.05) is 25.1 Å². The summed E-state index contributed by atoms with van der Waals surface area (Å²) >= 11 is 0. The molecule has 0 aromatic heterocycles. The van der Waals surface area contributed by atoms with Crippen LogP contribution in [0.3, 0.4) is 0 Å². The molecule has 0 saturated heterocycles. The summed E-state index contributed by atoms with van der Waals surface area (Å²) in [6.45, 7) is 1.95. The Hall–Kier alpha value is -2.49. The third-order valence-electron chi connectivity index (χ3n) is 3.38. The van der Waals surface area contributed by atoms with Crippen LogP contribution < -0.4 is 4.74 Å². The lowest BCUT2D eigenvalue weighted by atomic mass is 10.0. The summed E-state index contributed by atoms with van der Waals surface area (Å²) in [5.41, 5.74) is 2.30. The second-order valence-electron chi connectivity index (χ2n) is 4.93. The Morgan fingerprint density at radius 2 is 1.90 bits per heavy atom. The molecule has 0 atom stereocenters. The Balaban J connectivity index is 2.05. The van der Waals surface area contributed by atoms with Crippen molar-refractivity contribution < 1.29 is 19.7 Å². The van der Waals surface area contributed by atoms with Crippen LogP contribution in [-0.2, 0) is 6.42 Å². The molecule has 0 radical (unpaired) electrons. The number of aromatic hydroxyl groups is 2. The lowest BCUT2D eigenvalue weighted by molar-refractivity contribution is 0.0980. The van der Waals surface area contributed by atoms with Gasteiger partial charge < -0.3 is 14.9 Å². The zero-order valence-corrected chi connectivity index (χ0v) is 12.1. The summed E-state index contributed by atoms with van der Waals surface area (Å²) in [4.78, 5) is 12.1. The molecule has 0 aliphatic rings. The van der Waals surface area contributed by atoms with E-state index in [9.17, 15) is 15.0 Å². The Kier molecular flexibility index (Phi) is 4.48. The monoisotopic (exact) mass is 286 g/mol. The number of phenols is 2. The summed E-state index contributed by atoms with van der Waals surface area (Å²) in [5, 5.41) is 18.9. The number of methoxy groups -OCH3 is 1. The third kappa shape index (κ3) is 3.54. The van der Waals surface area contributed by atoms with Crippen LogP contribution in [0.5, 0.6) is 17.2 Å². The van der Waals surface area contributed by atoms with E-state index in [1.165, 1.54) is 18.2 Å². The maximum Gasteiger partial charge on any atom is 0.166 e. The Morgan fingerprint density at radius 1 is 1.14 bits per heavy atom. The molecule has 0 saturated carbocycles. The van der Waals surface area contributed by atoms with Gasteiger partial charge in [0.05, 0.1) is 12.7 Å². The highest BCUT2D eigenvalue weighted by Gasteiger charge is 2.12. The molecule has 4 nitrogen and oxygen atoms in total. The normalized spacial score (nSPS) is 10.4. The summed E-state index contributed by atoms with van der Waals surface area (Å²) in [6.07, 6.45) is 0.883. The molecule has 2 aromatic rings. The van der Waals surface area contributed by atoms with Crippen molar-refractivity contribution in [2.45, 2.75) is 19.8 Å². The van der Waals surface area contributed by atoms with E-state index in [4.69, 9.17) is 4.74 Å². The number of benzene rings is 2. The van der Waals surface area contributed by atoms with Crippen molar-refractivity contribution in [3.8, 4) is 17.2 Å². The minimum atomic E-state index is -0.189. The van der Waals surface area contributed by atoms with Crippen LogP contribution in [0.15, 0.2) is 36.4 Å². The maximum atomic E-state index is 12.1. The van der Waals surface area contributed by atoms with Gasteiger partial charge in [0.25, 0.3) is 0 Å². The Bertz CT molecular complexity index is 662. The van der Waals surface area contributed by atoms with Crippen molar-refractivity contribution in [1.82, 2.24) is 0 Å². The van der Waals surface area contributed by atoms with Crippen LogP contribution >= 0.6 is 0 Å². The molecule has 0 bridgehead atoms. The highest BCUT2D eigenvalue weighted by atomic mass is 16.5. The second-order valence-corrected chi connectivity index (χ2v) is 4.93. The second kappa shape index (κ2) is 6.31. The first-order valence-electron chi connectivity index (χ1n) is 6.70. The Morgan fingerprint density at radius 3 is 2.52 bits per heavy atom. The standard InChI is InChI=1S/C17H18O4/c1-11-9-12(4-8-17(11)21-2)3-7-15(19)14-6-5-13(18)10-16(14)20/h4-6,8-10,18,20H,3,7H2,1-2H3. The topological polar surface area (TPSA) is 66.8 Å². The summed E-state index contributed by atoms with van der Waals surface area (Å²) in [7, 11) is 1.62. The minimum absolute atomic E-state index is 0.0603. The van der Waals surface area contributed by atoms with Crippen LogP contribution in [0, 0.1) is 6.92 Å². The van der Waals surface area contributed by atoms with Crippen molar-refractivity contribution in [2.75, 3.05) is 7.11 Å². The lowest BCUT2D eigenvalue weighted by Gasteiger charge is -2.08. The number of Topliss-reactive ketones (excluding diaryl/α,β-unsaturated/α-hetero) is 1. The van der Waals surface area contributed by atoms with Gasteiger partial charge in [-0.25, -0.2) is 0 Å². The van der Waals surface area contributed by atoms with Gasteiger partial charge in [-0.3, -0.25) is 4.79 Å². The Labute approximate surface area is 123 Å². The van der Waals surface area contributed by atoms with E-state index < -0.39 is 0 Å². The number of hydrogen-bond acceptors (Lipinski definition) is 4. The summed E-state index contributed by atoms with van der Waals surface area (Å²) in [6, 6.07) is 9.80. The van der Waals surface area contributed by atoms with Crippen molar-refractivity contribution in [3.05, 3.63) is 53.1 Å². The van der Waals surface area contributed by atoms with Gasteiger partial charge >= 0.3 is 0 Å². The van der Waals surface area contributed by atoms with Crippen molar-refractivity contribution in [2.24, 2.45) is 0 Å². The molecule has 110 valence electrons. The van der Waals surface area contributed by atoms with E-state index in [-0.39, 0.29) is 22.8 Å². The first kappa shape index (κ1) is 14.9. The zero-order chi connectivity index (χ0) is 15.4. The van der Waals surface area contributed by atoms with Crippen molar-refractivity contribution in [3.63, 3.8) is 0 Å². The molecule has 2 N–H and O–H groups in total. The molecule has 0 fully saturated rings. The fourth-order valence-corrected chi connectivity index (χ4v) is 2.24. The molecule has 4 heteroatoms. The number of carbonyl (C=O) groups excluding carboxylic acids is 1. The van der Waals surface area contributed by atoms with Crippen molar-refractivity contribution in [1.29, 1.82) is 0 Å². The predicted octanol–water partition coefficient (Wildman–Crippen LogP) is 3.23. The SMILES string of the molecule is COc1ccc(CCC(=O)c2ccc(O)cc2O)cc1C. The number of hydrogen-bond donors (Lipinski definition) is 2. The number of aryl methyl sites for hydroxylation is 2. The molecule has 2 aromatic carbocycles. The lowest BCUT2D eigenvalue weighted by Crippen LogP contribution is -2.02. The molecule has 0 aliphatic carbocycles. The average molecular weight is 286 g/mol. The van der Waals surface area contributed by atoms with E-state index in [0.29, 0.717) is 12.8 Å². The quantitative estimate of drug-likeness (QED) is 0.828.